The molecular formula is C18H24ClN3O2S. The highest BCUT2D eigenvalue weighted by atomic mass is 35.5. The van der Waals surface area contributed by atoms with Crippen LogP contribution in [0.1, 0.15) is 30.1 Å². The van der Waals surface area contributed by atoms with Gasteiger partial charge in [-0.05, 0) is 55.8 Å². The zero-order chi connectivity index (χ0) is 17.9. The van der Waals surface area contributed by atoms with Crippen molar-refractivity contribution in [2.75, 3.05) is 19.6 Å². The van der Waals surface area contributed by atoms with E-state index in [4.69, 9.17) is 11.6 Å². The summed E-state index contributed by atoms with van der Waals surface area (Å²) in [7, 11) is -1.43. The average Bonchev–Trinajstić information content (AvgIpc) is 3.20. The van der Waals surface area contributed by atoms with Crippen molar-refractivity contribution in [3.05, 3.63) is 58.9 Å². The quantitative estimate of drug-likeness (QED) is 0.802. The predicted molar refractivity (Wildman–Crippen MR) is 101 cm³/mol. The number of nitrogens with zero attached hydrogens (tertiary/aromatic N) is 2. The van der Waals surface area contributed by atoms with Crippen LogP contribution in [0.4, 0.5) is 0 Å². The number of halogens is 1. The van der Waals surface area contributed by atoms with E-state index in [2.05, 4.69) is 20.3 Å². The van der Waals surface area contributed by atoms with Crippen molar-refractivity contribution >= 4 is 21.6 Å². The van der Waals surface area contributed by atoms with Crippen molar-refractivity contribution in [2.24, 2.45) is 7.05 Å². The monoisotopic (exact) mass is 381 g/mol. The molecule has 0 spiro atoms. The van der Waals surface area contributed by atoms with Gasteiger partial charge >= 0.3 is 0 Å². The number of hydrogen-bond acceptors (Lipinski definition) is 3. The van der Waals surface area contributed by atoms with E-state index in [-0.39, 0.29) is 11.8 Å². The Balaban J connectivity index is 1.70. The maximum absolute atomic E-state index is 12.5. The molecular weight excluding hydrogens is 358 g/mol. The molecule has 2 heterocycles. The van der Waals surface area contributed by atoms with Crippen LogP contribution in [0.25, 0.3) is 0 Å². The van der Waals surface area contributed by atoms with Crippen LogP contribution in [-0.4, -0.2) is 37.5 Å². The lowest BCUT2D eigenvalue weighted by molar-refractivity contribution is 0.238. The summed E-state index contributed by atoms with van der Waals surface area (Å²) < 4.78 is 29.9. The Bertz CT molecular complexity index is 813. The van der Waals surface area contributed by atoms with Crippen molar-refractivity contribution in [3.63, 3.8) is 0 Å². The molecule has 1 aliphatic heterocycles. The Hall–Kier alpha value is -1.34. The zero-order valence-corrected chi connectivity index (χ0v) is 15.9. The third-order valence-electron chi connectivity index (χ3n) is 4.65. The minimum absolute atomic E-state index is 0.0524. The third-order valence-corrected chi connectivity index (χ3v) is 6.20. The summed E-state index contributed by atoms with van der Waals surface area (Å²) in [5, 5.41) is 0.548. The molecule has 1 aliphatic rings. The standard InChI is InChI=1S/C18H24ClN3O2S/c1-21-9-5-8-17(21)18(22-10-2-3-11-22)13-20-25(23,24)14-15-6-4-7-16(19)12-15/h4-9,12,18,20H,2-3,10-11,13-14H2,1H3. The van der Waals surface area contributed by atoms with Gasteiger partial charge in [0.2, 0.25) is 10.0 Å². The number of nitrogens with one attached hydrogen (secondary N) is 1. The first kappa shape index (κ1) is 18.5. The van der Waals surface area contributed by atoms with E-state index in [0.29, 0.717) is 17.1 Å². The summed E-state index contributed by atoms with van der Waals surface area (Å²) in [5.41, 5.74) is 1.82. The van der Waals surface area contributed by atoms with Crippen molar-refractivity contribution in [3.8, 4) is 0 Å². The Morgan fingerprint density at radius 3 is 2.60 bits per heavy atom. The molecule has 1 aromatic heterocycles. The largest absolute Gasteiger partial charge is 0.353 e. The molecule has 1 aromatic carbocycles. The maximum atomic E-state index is 12.5. The summed E-state index contributed by atoms with van der Waals surface area (Å²) >= 11 is 5.95. The lowest BCUT2D eigenvalue weighted by Crippen LogP contribution is -2.38. The summed E-state index contributed by atoms with van der Waals surface area (Å²) in [6.07, 6.45) is 4.32. The van der Waals surface area contributed by atoms with Crippen LogP contribution < -0.4 is 4.72 Å². The van der Waals surface area contributed by atoms with Crippen LogP contribution in [0.15, 0.2) is 42.6 Å². The van der Waals surface area contributed by atoms with Gasteiger partial charge < -0.3 is 4.57 Å². The Kier molecular flexibility index (Phi) is 5.84. The van der Waals surface area contributed by atoms with E-state index in [1.54, 1.807) is 24.3 Å². The fourth-order valence-electron chi connectivity index (χ4n) is 3.40. The van der Waals surface area contributed by atoms with Crippen molar-refractivity contribution < 1.29 is 8.42 Å². The normalized spacial score (nSPS) is 17.0. The van der Waals surface area contributed by atoms with Gasteiger partial charge in [-0.1, -0.05) is 23.7 Å². The van der Waals surface area contributed by atoms with Crippen molar-refractivity contribution in [1.29, 1.82) is 0 Å². The molecule has 2 aromatic rings. The molecule has 1 unspecified atom stereocenters. The fourth-order valence-corrected chi connectivity index (χ4v) is 4.74. The molecule has 1 N–H and O–H groups in total. The molecule has 0 aliphatic carbocycles. The SMILES string of the molecule is Cn1cccc1C(CNS(=O)(=O)Cc1cccc(Cl)c1)N1CCCC1. The molecule has 25 heavy (non-hydrogen) atoms. The molecule has 0 bridgehead atoms. The van der Waals surface area contributed by atoms with Gasteiger partial charge in [-0.3, -0.25) is 4.90 Å². The summed E-state index contributed by atoms with van der Waals surface area (Å²) in [4.78, 5) is 2.36. The number of rotatable bonds is 7. The zero-order valence-electron chi connectivity index (χ0n) is 14.4. The van der Waals surface area contributed by atoms with E-state index in [0.717, 1.165) is 31.6 Å². The van der Waals surface area contributed by atoms with Crippen LogP contribution in [0.3, 0.4) is 0 Å². The van der Waals surface area contributed by atoms with Crippen LogP contribution in [0, 0.1) is 0 Å². The van der Waals surface area contributed by atoms with Crippen LogP contribution in [0.5, 0.6) is 0 Å². The maximum Gasteiger partial charge on any atom is 0.215 e. The Morgan fingerprint density at radius 1 is 1.20 bits per heavy atom. The molecule has 0 amide bonds. The molecule has 0 saturated carbocycles. The molecule has 0 radical (unpaired) electrons. The van der Waals surface area contributed by atoms with Gasteiger partial charge in [0.1, 0.15) is 0 Å². The van der Waals surface area contributed by atoms with Crippen molar-refractivity contribution in [2.45, 2.75) is 24.6 Å². The van der Waals surface area contributed by atoms with Gasteiger partial charge in [-0.25, -0.2) is 13.1 Å². The smallest absolute Gasteiger partial charge is 0.215 e. The average molecular weight is 382 g/mol. The van der Waals surface area contributed by atoms with E-state index in [1.807, 2.05) is 19.3 Å². The highest BCUT2D eigenvalue weighted by Gasteiger charge is 2.26. The highest BCUT2D eigenvalue weighted by molar-refractivity contribution is 7.88. The highest BCUT2D eigenvalue weighted by Crippen LogP contribution is 2.25. The van der Waals surface area contributed by atoms with Crippen LogP contribution in [-0.2, 0) is 22.8 Å². The molecule has 3 rings (SSSR count). The Labute approximate surface area is 154 Å². The van der Waals surface area contributed by atoms with Crippen LogP contribution >= 0.6 is 11.6 Å². The molecule has 5 nitrogen and oxygen atoms in total. The molecule has 7 heteroatoms. The number of benzene rings is 1. The summed E-state index contributed by atoms with van der Waals surface area (Å²) in [5.74, 6) is -0.0621. The topological polar surface area (TPSA) is 54.3 Å². The van der Waals surface area contributed by atoms with Gasteiger partial charge in [0.25, 0.3) is 0 Å². The molecule has 1 atom stereocenters. The minimum atomic E-state index is -3.42. The second-order valence-electron chi connectivity index (χ2n) is 6.54. The lowest BCUT2D eigenvalue weighted by atomic mass is 10.2. The number of hydrogen-bond donors (Lipinski definition) is 1. The molecule has 1 saturated heterocycles. The summed E-state index contributed by atoms with van der Waals surface area (Å²) in [6.45, 7) is 2.39. The van der Waals surface area contributed by atoms with E-state index in [1.165, 1.54) is 0 Å². The number of aryl methyl sites for hydroxylation is 1. The fraction of sp³-hybridized carbons (Fsp3) is 0.444. The van der Waals surface area contributed by atoms with E-state index in [9.17, 15) is 8.42 Å². The van der Waals surface area contributed by atoms with E-state index >= 15 is 0 Å². The minimum Gasteiger partial charge on any atom is -0.353 e. The predicted octanol–water partition coefficient (Wildman–Crippen LogP) is 2.94. The van der Waals surface area contributed by atoms with E-state index < -0.39 is 10.0 Å². The Morgan fingerprint density at radius 2 is 1.96 bits per heavy atom. The number of sulfonamides is 1. The molecule has 136 valence electrons. The first-order valence-electron chi connectivity index (χ1n) is 8.52. The first-order chi connectivity index (χ1) is 11.9. The van der Waals surface area contributed by atoms with Crippen molar-refractivity contribution in [1.82, 2.24) is 14.2 Å². The van der Waals surface area contributed by atoms with Gasteiger partial charge in [0, 0.05) is 30.5 Å². The first-order valence-corrected chi connectivity index (χ1v) is 10.5. The van der Waals surface area contributed by atoms with Crippen LogP contribution in [0.2, 0.25) is 5.02 Å². The lowest BCUT2D eigenvalue weighted by Gasteiger charge is -2.28. The molecule has 1 fully saturated rings. The third kappa shape index (κ3) is 4.85. The number of aromatic nitrogens is 1. The van der Waals surface area contributed by atoms with Gasteiger partial charge in [-0.2, -0.15) is 0 Å². The van der Waals surface area contributed by atoms with Gasteiger partial charge in [-0.15, -0.1) is 0 Å². The van der Waals surface area contributed by atoms with Gasteiger partial charge in [0.05, 0.1) is 11.8 Å². The summed E-state index contributed by atoms with van der Waals surface area (Å²) in [6, 6.07) is 11.1. The second-order valence-corrected chi connectivity index (χ2v) is 8.78. The van der Waals surface area contributed by atoms with Gasteiger partial charge in [0.15, 0.2) is 0 Å². The second kappa shape index (κ2) is 7.91. The number of likely N-dealkylation sites (tertiary alicyclic amines) is 1.